The third-order valence-corrected chi connectivity index (χ3v) is 5.44. The van der Waals surface area contributed by atoms with Gasteiger partial charge in [0.15, 0.2) is 5.82 Å². The van der Waals surface area contributed by atoms with Gasteiger partial charge in [0.1, 0.15) is 0 Å². The second-order valence-electron chi connectivity index (χ2n) is 7.75. The van der Waals surface area contributed by atoms with Crippen molar-refractivity contribution in [2.75, 3.05) is 13.1 Å². The van der Waals surface area contributed by atoms with Gasteiger partial charge in [-0.15, -0.1) is 5.10 Å². The molecule has 1 N–H and O–H groups in total. The van der Waals surface area contributed by atoms with E-state index < -0.39 is 0 Å². The number of nitrogens with one attached hydrogen (secondary N) is 1. The van der Waals surface area contributed by atoms with Crippen molar-refractivity contribution in [3.8, 4) is 5.82 Å². The zero-order valence-electron chi connectivity index (χ0n) is 15.9. The van der Waals surface area contributed by atoms with Crippen molar-refractivity contribution < 1.29 is 4.79 Å². The second-order valence-corrected chi connectivity index (χ2v) is 7.75. The highest BCUT2D eigenvalue weighted by Crippen LogP contribution is 2.21. The molecule has 27 heavy (non-hydrogen) atoms. The molecule has 1 aliphatic carbocycles. The van der Waals surface area contributed by atoms with E-state index in [4.69, 9.17) is 0 Å². The van der Waals surface area contributed by atoms with Crippen molar-refractivity contribution in [1.29, 1.82) is 0 Å². The fraction of sp³-hybridized carbons (Fsp3) is 0.579. The maximum atomic E-state index is 12.2. The van der Waals surface area contributed by atoms with Crippen LogP contribution in [0.4, 0.5) is 4.79 Å². The van der Waals surface area contributed by atoms with Gasteiger partial charge >= 0.3 is 6.03 Å². The van der Waals surface area contributed by atoms with Crippen LogP contribution in [-0.2, 0) is 6.54 Å². The van der Waals surface area contributed by atoms with Gasteiger partial charge in [0.05, 0.1) is 12.2 Å². The lowest BCUT2D eigenvalue weighted by molar-refractivity contribution is 0.105. The summed E-state index contributed by atoms with van der Waals surface area (Å²) in [6.07, 6.45) is 4.57. The van der Waals surface area contributed by atoms with Crippen molar-refractivity contribution in [2.24, 2.45) is 5.92 Å². The van der Waals surface area contributed by atoms with Gasteiger partial charge in [0.25, 0.3) is 5.56 Å². The number of rotatable bonds is 4. The average Bonchev–Trinajstić information content (AvgIpc) is 3.21. The molecule has 3 heterocycles. The van der Waals surface area contributed by atoms with Gasteiger partial charge in [0, 0.05) is 36.8 Å². The molecule has 0 aromatic carbocycles. The zero-order chi connectivity index (χ0) is 19.0. The van der Waals surface area contributed by atoms with Crippen LogP contribution in [0.5, 0.6) is 0 Å². The van der Waals surface area contributed by atoms with Crippen LogP contribution in [0.25, 0.3) is 5.82 Å². The fourth-order valence-corrected chi connectivity index (χ4v) is 3.97. The number of carbonyl (C=O) groups excluding carboxylic acids is 1. The van der Waals surface area contributed by atoms with E-state index in [1.807, 2.05) is 24.8 Å². The summed E-state index contributed by atoms with van der Waals surface area (Å²) in [5.41, 5.74) is 1.76. The zero-order valence-corrected chi connectivity index (χ0v) is 15.9. The summed E-state index contributed by atoms with van der Waals surface area (Å²) in [5.74, 6) is 0.885. The quantitative estimate of drug-likeness (QED) is 0.886. The van der Waals surface area contributed by atoms with Crippen LogP contribution in [0, 0.1) is 19.8 Å². The SMILES string of the molecule is Cc1cc(C)n(-c2ccc(=O)n(CC3CN(C(=O)NC4CCCC4)C3)n2)n1. The third-order valence-electron chi connectivity index (χ3n) is 5.44. The van der Waals surface area contributed by atoms with E-state index in [0.29, 0.717) is 31.5 Å². The van der Waals surface area contributed by atoms with Crippen LogP contribution in [0.15, 0.2) is 23.0 Å². The highest BCUT2D eigenvalue weighted by molar-refractivity contribution is 5.75. The average molecular weight is 370 g/mol. The highest BCUT2D eigenvalue weighted by Gasteiger charge is 2.32. The van der Waals surface area contributed by atoms with Crippen LogP contribution in [0.3, 0.4) is 0 Å². The first-order valence-electron chi connectivity index (χ1n) is 9.67. The van der Waals surface area contributed by atoms with Gasteiger partial charge in [0.2, 0.25) is 0 Å². The van der Waals surface area contributed by atoms with Crippen molar-refractivity contribution in [1.82, 2.24) is 29.8 Å². The molecule has 8 nitrogen and oxygen atoms in total. The van der Waals surface area contributed by atoms with E-state index in [9.17, 15) is 9.59 Å². The number of carbonyl (C=O) groups is 1. The number of hydrogen-bond acceptors (Lipinski definition) is 4. The molecule has 0 spiro atoms. The van der Waals surface area contributed by atoms with E-state index in [2.05, 4.69) is 15.5 Å². The van der Waals surface area contributed by atoms with E-state index in [1.165, 1.54) is 23.6 Å². The summed E-state index contributed by atoms with van der Waals surface area (Å²) in [7, 11) is 0. The van der Waals surface area contributed by atoms with E-state index in [1.54, 1.807) is 10.7 Å². The molecule has 2 amide bonds. The first-order valence-corrected chi connectivity index (χ1v) is 9.67. The predicted molar refractivity (Wildman–Crippen MR) is 101 cm³/mol. The Morgan fingerprint density at radius 2 is 1.93 bits per heavy atom. The van der Waals surface area contributed by atoms with Crippen molar-refractivity contribution in [3.05, 3.63) is 39.9 Å². The molecule has 0 atom stereocenters. The Balaban J connectivity index is 1.37. The third kappa shape index (κ3) is 3.74. The first kappa shape index (κ1) is 17.8. The molecule has 1 aliphatic heterocycles. The molecule has 144 valence electrons. The van der Waals surface area contributed by atoms with Crippen molar-refractivity contribution in [2.45, 2.75) is 52.1 Å². The Labute approximate surface area is 158 Å². The molecule has 2 aliphatic rings. The lowest BCUT2D eigenvalue weighted by Crippen LogP contribution is -2.56. The minimum atomic E-state index is -0.130. The molecular weight excluding hydrogens is 344 g/mol. The monoisotopic (exact) mass is 370 g/mol. The first-order chi connectivity index (χ1) is 13.0. The molecule has 0 bridgehead atoms. The lowest BCUT2D eigenvalue weighted by Gasteiger charge is -2.39. The maximum Gasteiger partial charge on any atom is 0.317 e. The summed E-state index contributed by atoms with van der Waals surface area (Å²) >= 11 is 0. The summed E-state index contributed by atoms with van der Waals surface area (Å²) in [6, 6.07) is 5.56. The Bertz CT molecular complexity index is 890. The maximum absolute atomic E-state index is 12.2. The van der Waals surface area contributed by atoms with Gasteiger partial charge in [-0.2, -0.15) is 5.10 Å². The molecule has 4 rings (SSSR count). The van der Waals surface area contributed by atoms with Crippen LogP contribution in [-0.4, -0.2) is 49.6 Å². The molecular formula is C19H26N6O2. The van der Waals surface area contributed by atoms with Crippen LogP contribution in [0.1, 0.15) is 37.1 Å². The minimum Gasteiger partial charge on any atom is -0.335 e. The smallest absolute Gasteiger partial charge is 0.317 e. The van der Waals surface area contributed by atoms with E-state index in [-0.39, 0.29) is 17.5 Å². The Morgan fingerprint density at radius 1 is 1.19 bits per heavy atom. The standard InChI is InChI=1S/C19H26N6O2/c1-13-9-14(2)25(21-13)17-7-8-18(26)24(22-17)12-15-10-23(11-15)19(27)20-16-5-3-4-6-16/h7-9,15-16H,3-6,10-12H2,1-2H3,(H,20,27). The van der Waals surface area contributed by atoms with Gasteiger partial charge in [-0.25, -0.2) is 14.2 Å². The fourth-order valence-electron chi connectivity index (χ4n) is 3.97. The molecule has 2 fully saturated rings. The number of amides is 2. The normalized spacial score (nSPS) is 17.9. The van der Waals surface area contributed by atoms with Crippen molar-refractivity contribution in [3.63, 3.8) is 0 Å². The molecule has 1 saturated carbocycles. The molecule has 0 unspecified atom stereocenters. The molecule has 8 heteroatoms. The van der Waals surface area contributed by atoms with Gasteiger partial charge in [-0.1, -0.05) is 12.8 Å². The summed E-state index contributed by atoms with van der Waals surface area (Å²) in [6.45, 7) is 5.73. The second kappa shape index (κ2) is 7.17. The number of urea groups is 1. The predicted octanol–water partition coefficient (Wildman–Crippen LogP) is 1.63. The van der Waals surface area contributed by atoms with Crippen LogP contribution < -0.4 is 10.9 Å². The minimum absolute atomic E-state index is 0.0230. The van der Waals surface area contributed by atoms with Crippen molar-refractivity contribution >= 4 is 6.03 Å². The number of aryl methyl sites for hydroxylation is 2. The molecule has 2 aromatic heterocycles. The number of hydrogen-bond donors (Lipinski definition) is 1. The topological polar surface area (TPSA) is 85.0 Å². The van der Waals surface area contributed by atoms with Gasteiger partial charge < -0.3 is 10.2 Å². The number of likely N-dealkylation sites (tertiary alicyclic amines) is 1. The molecule has 0 radical (unpaired) electrons. The van der Waals surface area contributed by atoms with E-state index >= 15 is 0 Å². The van der Waals surface area contributed by atoms with Crippen LogP contribution >= 0.6 is 0 Å². The summed E-state index contributed by atoms with van der Waals surface area (Å²) in [5, 5.41) is 12.0. The lowest BCUT2D eigenvalue weighted by atomic mass is 10.0. The summed E-state index contributed by atoms with van der Waals surface area (Å²) < 4.78 is 3.23. The largest absolute Gasteiger partial charge is 0.335 e. The summed E-state index contributed by atoms with van der Waals surface area (Å²) in [4.78, 5) is 26.3. The van der Waals surface area contributed by atoms with Crippen LogP contribution in [0.2, 0.25) is 0 Å². The Hall–Kier alpha value is -2.64. The Kier molecular flexibility index (Phi) is 4.72. The van der Waals surface area contributed by atoms with E-state index in [0.717, 1.165) is 24.2 Å². The highest BCUT2D eigenvalue weighted by atomic mass is 16.2. The molecule has 1 saturated heterocycles. The Morgan fingerprint density at radius 3 is 2.59 bits per heavy atom. The van der Waals surface area contributed by atoms with Gasteiger partial charge in [-0.3, -0.25) is 4.79 Å². The molecule has 2 aromatic rings. The number of aromatic nitrogens is 4. The van der Waals surface area contributed by atoms with Gasteiger partial charge in [-0.05, 0) is 38.8 Å². The number of nitrogens with zero attached hydrogens (tertiary/aromatic N) is 5.